The minimum absolute atomic E-state index is 0.0532. The van der Waals surface area contributed by atoms with E-state index in [1.165, 1.54) is 7.05 Å². The average molecular weight is 340 g/mol. The van der Waals surface area contributed by atoms with Gasteiger partial charge in [0.15, 0.2) is 0 Å². The Kier molecular flexibility index (Phi) is 7.56. The molecule has 0 saturated heterocycles. The van der Waals surface area contributed by atoms with Gasteiger partial charge in [0.25, 0.3) is 0 Å². The van der Waals surface area contributed by atoms with Crippen LogP contribution in [0.3, 0.4) is 0 Å². The second kappa shape index (κ2) is 8.92. The van der Waals surface area contributed by atoms with E-state index < -0.39 is 0 Å². The third-order valence-corrected chi connectivity index (χ3v) is 3.78. The largest absolute Gasteiger partial charge is 0.444 e. The maximum atomic E-state index is 11.7. The Morgan fingerprint density at radius 3 is 2.39 bits per heavy atom. The number of nitrogens with one attached hydrogen (secondary N) is 1. The van der Waals surface area contributed by atoms with Gasteiger partial charge in [-0.3, -0.25) is 4.79 Å². The summed E-state index contributed by atoms with van der Waals surface area (Å²) < 4.78 is 4.84. The minimum Gasteiger partial charge on any atom is -0.444 e. The van der Waals surface area contributed by atoms with E-state index in [1.54, 1.807) is 0 Å². The highest BCUT2D eigenvalue weighted by atomic mass is 35.5. The summed E-state index contributed by atoms with van der Waals surface area (Å²) in [5.74, 6) is 0.404. The van der Waals surface area contributed by atoms with Crippen LogP contribution in [0.2, 0.25) is 5.02 Å². The lowest BCUT2D eigenvalue weighted by Gasteiger charge is -2.21. The summed E-state index contributed by atoms with van der Waals surface area (Å²) in [5.41, 5.74) is 0.624. The molecule has 23 heavy (non-hydrogen) atoms. The van der Waals surface area contributed by atoms with Crippen LogP contribution in [0.4, 0.5) is 4.79 Å². The predicted molar refractivity (Wildman–Crippen MR) is 93.0 cm³/mol. The van der Waals surface area contributed by atoms with E-state index in [0.29, 0.717) is 5.78 Å². The van der Waals surface area contributed by atoms with E-state index in [9.17, 15) is 9.59 Å². The van der Waals surface area contributed by atoms with Crippen molar-refractivity contribution in [3.63, 3.8) is 0 Å². The highest BCUT2D eigenvalue weighted by molar-refractivity contribution is 6.31. The lowest BCUT2D eigenvalue weighted by Crippen LogP contribution is -2.30. The molecule has 1 fully saturated rings. The molecule has 0 aromatic heterocycles. The molecular formula is C18H26ClNO3. The van der Waals surface area contributed by atoms with Crippen LogP contribution >= 0.6 is 11.6 Å². The van der Waals surface area contributed by atoms with Crippen LogP contribution in [0.25, 0.3) is 0 Å². The van der Waals surface area contributed by atoms with Crippen molar-refractivity contribution in [3.05, 3.63) is 34.9 Å². The van der Waals surface area contributed by atoms with E-state index in [-0.39, 0.29) is 17.6 Å². The average Bonchev–Trinajstić information content (AvgIpc) is 2.47. The van der Waals surface area contributed by atoms with Gasteiger partial charge in [-0.25, -0.2) is 4.79 Å². The Morgan fingerprint density at radius 1 is 1.26 bits per heavy atom. The molecule has 1 aromatic rings. The molecule has 1 aromatic carbocycles. The van der Waals surface area contributed by atoms with Crippen LogP contribution in [0.15, 0.2) is 24.3 Å². The van der Waals surface area contributed by atoms with Crippen LogP contribution < -0.4 is 5.32 Å². The van der Waals surface area contributed by atoms with Crippen LogP contribution in [-0.2, 0) is 9.53 Å². The number of halogens is 1. The normalized spacial score (nSPS) is 17.8. The molecule has 0 bridgehead atoms. The molecule has 1 unspecified atom stereocenters. The van der Waals surface area contributed by atoms with E-state index in [1.807, 2.05) is 45.0 Å². The molecule has 1 amide bonds. The molecule has 0 heterocycles. The molecule has 1 aliphatic carbocycles. The Morgan fingerprint density at radius 2 is 1.91 bits per heavy atom. The van der Waals surface area contributed by atoms with Gasteiger partial charge in [-0.05, 0) is 45.2 Å². The van der Waals surface area contributed by atoms with Crippen molar-refractivity contribution >= 4 is 23.5 Å². The van der Waals surface area contributed by atoms with E-state index >= 15 is 0 Å². The van der Waals surface area contributed by atoms with Crippen LogP contribution in [0, 0.1) is 0 Å². The van der Waals surface area contributed by atoms with Gasteiger partial charge in [-0.1, -0.05) is 36.2 Å². The summed E-state index contributed by atoms with van der Waals surface area (Å²) in [6.07, 6.45) is 3.47. The Balaban J connectivity index is 0.000000257. The Bertz CT molecular complexity index is 537. The zero-order chi connectivity index (χ0) is 17.5. The van der Waals surface area contributed by atoms with Crippen LogP contribution in [0.5, 0.6) is 0 Å². The molecule has 0 aliphatic heterocycles. The maximum Gasteiger partial charge on any atom is 0.407 e. The van der Waals surface area contributed by atoms with Gasteiger partial charge in [0.1, 0.15) is 11.4 Å². The van der Waals surface area contributed by atoms with Crippen molar-refractivity contribution in [1.29, 1.82) is 0 Å². The molecule has 128 valence electrons. The summed E-state index contributed by atoms with van der Waals surface area (Å²) in [4.78, 5) is 22.2. The first kappa shape index (κ1) is 19.5. The predicted octanol–water partition coefficient (Wildman–Crippen LogP) is 4.71. The Labute approximate surface area is 143 Å². The minimum atomic E-state index is -0.389. The fourth-order valence-corrected chi connectivity index (χ4v) is 2.67. The van der Waals surface area contributed by atoms with Crippen molar-refractivity contribution in [2.24, 2.45) is 0 Å². The van der Waals surface area contributed by atoms with Crippen molar-refractivity contribution in [2.75, 3.05) is 7.05 Å². The van der Waals surface area contributed by atoms with E-state index in [0.717, 1.165) is 36.3 Å². The zero-order valence-corrected chi connectivity index (χ0v) is 15.1. The Hall–Kier alpha value is -1.55. The molecule has 0 spiro atoms. The lowest BCUT2D eigenvalue weighted by molar-refractivity contribution is -0.121. The monoisotopic (exact) mass is 339 g/mol. The van der Waals surface area contributed by atoms with Crippen LogP contribution in [0.1, 0.15) is 57.9 Å². The van der Waals surface area contributed by atoms with Gasteiger partial charge in [-0.15, -0.1) is 0 Å². The van der Waals surface area contributed by atoms with Crippen molar-refractivity contribution < 1.29 is 14.3 Å². The topological polar surface area (TPSA) is 55.4 Å². The van der Waals surface area contributed by atoms with Crippen molar-refractivity contribution in [2.45, 2.75) is 58.0 Å². The number of hydrogen-bond acceptors (Lipinski definition) is 3. The summed E-state index contributed by atoms with van der Waals surface area (Å²) in [6.45, 7) is 5.46. The van der Waals surface area contributed by atoms with Gasteiger partial charge in [0.2, 0.25) is 0 Å². The molecule has 2 rings (SSSR count). The molecule has 1 N–H and O–H groups in total. The number of hydrogen-bond donors (Lipinski definition) is 1. The number of alkyl carbamates (subject to hydrolysis) is 1. The molecule has 1 saturated carbocycles. The third-order valence-electron chi connectivity index (χ3n) is 3.44. The third kappa shape index (κ3) is 7.04. The molecule has 4 nitrogen and oxygen atoms in total. The standard InChI is InChI=1S/C12H13ClO.C6H13NO2/c13-11-7-3-1-5-9(11)10-6-2-4-8-12(10)14;1-6(2,3)9-5(8)7-4/h1,3,5,7,10H,2,4,6,8H2;1-4H3,(H,7,8). The first-order valence-electron chi connectivity index (χ1n) is 7.92. The molecule has 1 aliphatic rings. The summed E-state index contributed by atoms with van der Waals surface area (Å²) in [5, 5.41) is 3.09. The molecule has 1 atom stereocenters. The number of carbonyl (C=O) groups is 2. The maximum absolute atomic E-state index is 11.7. The van der Waals surface area contributed by atoms with Crippen molar-refractivity contribution in [3.8, 4) is 0 Å². The number of ketones is 1. The fraction of sp³-hybridized carbons (Fsp3) is 0.556. The number of carbonyl (C=O) groups excluding carboxylic acids is 2. The number of Topliss-reactive ketones (excluding diaryl/α,β-unsaturated/α-hetero) is 1. The fourth-order valence-electron chi connectivity index (χ4n) is 2.40. The second-order valence-corrected chi connectivity index (χ2v) is 6.95. The number of rotatable bonds is 1. The molecule has 5 heteroatoms. The zero-order valence-electron chi connectivity index (χ0n) is 14.3. The van der Waals surface area contributed by atoms with Gasteiger partial charge in [0, 0.05) is 24.4 Å². The first-order valence-corrected chi connectivity index (χ1v) is 8.30. The lowest BCUT2D eigenvalue weighted by atomic mass is 9.83. The quantitative estimate of drug-likeness (QED) is 0.806. The number of benzene rings is 1. The molecular weight excluding hydrogens is 314 g/mol. The van der Waals surface area contributed by atoms with Crippen LogP contribution in [-0.4, -0.2) is 24.5 Å². The number of ether oxygens (including phenoxy) is 1. The highest BCUT2D eigenvalue weighted by Gasteiger charge is 2.25. The SMILES string of the molecule is CNC(=O)OC(C)(C)C.O=C1CCCCC1c1ccccc1Cl. The smallest absolute Gasteiger partial charge is 0.407 e. The molecule has 0 radical (unpaired) electrons. The summed E-state index contributed by atoms with van der Waals surface area (Å²) in [7, 11) is 1.54. The van der Waals surface area contributed by atoms with Gasteiger partial charge >= 0.3 is 6.09 Å². The first-order chi connectivity index (χ1) is 10.7. The van der Waals surface area contributed by atoms with Gasteiger partial charge in [0.05, 0.1) is 0 Å². The highest BCUT2D eigenvalue weighted by Crippen LogP contribution is 2.33. The van der Waals surface area contributed by atoms with Crippen molar-refractivity contribution in [1.82, 2.24) is 5.32 Å². The van der Waals surface area contributed by atoms with E-state index in [4.69, 9.17) is 16.3 Å². The van der Waals surface area contributed by atoms with Gasteiger partial charge in [-0.2, -0.15) is 0 Å². The van der Waals surface area contributed by atoms with Gasteiger partial charge < -0.3 is 10.1 Å². The number of amides is 1. The summed E-state index contributed by atoms with van der Waals surface area (Å²) >= 11 is 6.07. The second-order valence-electron chi connectivity index (χ2n) is 6.54. The van der Waals surface area contributed by atoms with E-state index in [2.05, 4.69) is 5.32 Å². The summed E-state index contributed by atoms with van der Waals surface area (Å²) in [6, 6.07) is 7.68.